The van der Waals surface area contributed by atoms with Gasteiger partial charge in [-0.05, 0) is 17.7 Å². The third-order valence-electron chi connectivity index (χ3n) is 1.57. The molecule has 0 fully saturated rings. The average Bonchev–Trinajstić information content (AvgIpc) is 2.14. The average molecular weight is 218 g/mol. The lowest BCUT2D eigenvalue weighted by atomic mass is 10.1. The van der Waals surface area contributed by atoms with Gasteiger partial charge in [0.05, 0.1) is 0 Å². The summed E-state index contributed by atoms with van der Waals surface area (Å²) in [5, 5.41) is 2.22. The lowest BCUT2D eigenvalue weighted by Crippen LogP contribution is -2.07. The second-order valence-corrected chi connectivity index (χ2v) is 6.16. The standard InChI is InChI=1S/C9H14S3/c1-2-5-11-12-8-9-4-3-6-10-7-9/h2-3,6,9H,1,4-5,7-8H2/t9-/m1/s1. The summed E-state index contributed by atoms with van der Waals surface area (Å²) in [6.07, 6.45) is 5.53. The third-order valence-corrected chi connectivity index (χ3v) is 5.08. The lowest BCUT2D eigenvalue weighted by molar-refractivity contribution is 0.686. The minimum absolute atomic E-state index is 0.891. The first-order chi connectivity index (χ1) is 5.93. The van der Waals surface area contributed by atoms with Gasteiger partial charge in [0.25, 0.3) is 0 Å². The fourth-order valence-corrected chi connectivity index (χ4v) is 4.14. The molecule has 1 rings (SSSR count). The molecule has 1 aliphatic rings. The van der Waals surface area contributed by atoms with Crippen LogP contribution >= 0.6 is 33.3 Å². The Morgan fingerprint density at radius 1 is 1.58 bits per heavy atom. The molecule has 0 amide bonds. The zero-order chi connectivity index (χ0) is 8.65. The van der Waals surface area contributed by atoms with E-state index in [1.54, 1.807) is 0 Å². The van der Waals surface area contributed by atoms with Gasteiger partial charge < -0.3 is 0 Å². The number of allylic oxidation sites excluding steroid dienone is 1. The maximum absolute atomic E-state index is 3.70. The molecule has 0 nitrogen and oxygen atoms in total. The van der Waals surface area contributed by atoms with E-state index in [2.05, 4.69) is 18.1 Å². The predicted molar refractivity (Wildman–Crippen MR) is 64.8 cm³/mol. The summed E-state index contributed by atoms with van der Waals surface area (Å²) < 4.78 is 0. The van der Waals surface area contributed by atoms with Crippen LogP contribution in [0, 0.1) is 5.92 Å². The van der Waals surface area contributed by atoms with Crippen LogP contribution in [-0.4, -0.2) is 17.3 Å². The van der Waals surface area contributed by atoms with Gasteiger partial charge in [-0.3, -0.25) is 0 Å². The highest BCUT2D eigenvalue weighted by Crippen LogP contribution is 2.29. The van der Waals surface area contributed by atoms with Crippen molar-refractivity contribution < 1.29 is 0 Å². The molecule has 0 aromatic heterocycles. The Morgan fingerprint density at radius 2 is 2.50 bits per heavy atom. The van der Waals surface area contributed by atoms with Crippen LogP contribution < -0.4 is 0 Å². The van der Waals surface area contributed by atoms with Crippen molar-refractivity contribution in [3.63, 3.8) is 0 Å². The summed E-state index contributed by atoms with van der Waals surface area (Å²) in [5.41, 5.74) is 0. The van der Waals surface area contributed by atoms with Crippen molar-refractivity contribution in [3.8, 4) is 0 Å². The number of hydrogen-bond acceptors (Lipinski definition) is 3. The molecule has 1 atom stereocenters. The molecule has 0 saturated heterocycles. The maximum Gasteiger partial charge on any atom is 0.0215 e. The molecular weight excluding hydrogens is 204 g/mol. The van der Waals surface area contributed by atoms with Crippen molar-refractivity contribution in [3.05, 3.63) is 24.1 Å². The van der Waals surface area contributed by atoms with Gasteiger partial charge in [0.1, 0.15) is 0 Å². The lowest BCUT2D eigenvalue weighted by Gasteiger charge is -2.15. The Morgan fingerprint density at radius 3 is 3.17 bits per heavy atom. The fraction of sp³-hybridized carbons (Fsp3) is 0.556. The van der Waals surface area contributed by atoms with Crippen molar-refractivity contribution in [2.75, 3.05) is 17.3 Å². The Labute approximate surface area is 87.0 Å². The SMILES string of the molecule is C=CCSSC[C@@H]1CC=CSC1. The molecule has 3 heteroatoms. The Bertz CT molecular complexity index is 154. The van der Waals surface area contributed by atoms with Crippen LogP contribution in [0.5, 0.6) is 0 Å². The van der Waals surface area contributed by atoms with Gasteiger partial charge in [0, 0.05) is 17.3 Å². The highest BCUT2D eigenvalue weighted by Gasteiger charge is 2.09. The molecule has 0 spiro atoms. The van der Waals surface area contributed by atoms with E-state index in [0.29, 0.717) is 0 Å². The normalized spacial score (nSPS) is 22.5. The fourth-order valence-electron chi connectivity index (χ4n) is 0.932. The topological polar surface area (TPSA) is 0 Å². The van der Waals surface area contributed by atoms with Gasteiger partial charge in [-0.25, -0.2) is 0 Å². The van der Waals surface area contributed by atoms with E-state index in [1.165, 1.54) is 17.9 Å². The van der Waals surface area contributed by atoms with Gasteiger partial charge in [0.15, 0.2) is 0 Å². The monoisotopic (exact) mass is 218 g/mol. The van der Waals surface area contributed by atoms with Gasteiger partial charge in [-0.15, -0.1) is 18.3 Å². The van der Waals surface area contributed by atoms with Crippen molar-refractivity contribution >= 4 is 33.3 Å². The van der Waals surface area contributed by atoms with E-state index < -0.39 is 0 Å². The number of rotatable bonds is 5. The van der Waals surface area contributed by atoms with Gasteiger partial charge in [-0.2, -0.15) is 0 Å². The van der Waals surface area contributed by atoms with Crippen LogP contribution in [0.15, 0.2) is 24.1 Å². The molecule has 0 N–H and O–H groups in total. The summed E-state index contributed by atoms with van der Waals surface area (Å²) >= 11 is 1.94. The molecule has 0 unspecified atom stereocenters. The molecule has 1 aliphatic heterocycles. The summed E-state index contributed by atoms with van der Waals surface area (Å²) in [5.74, 6) is 4.55. The zero-order valence-electron chi connectivity index (χ0n) is 7.07. The molecule has 0 aromatic rings. The molecule has 68 valence electrons. The predicted octanol–water partition coefficient (Wildman–Crippen LogP) is 3.82. The van der Waals surface area contributed by atoms with Gasteiger partial charge >= 0.3 is 0 Å². The van der Waals surface area contributed by atoms with Crippen LogP contribution in [0.4, 0.5) is 0 Å². The van der Waals surface area contributed by atoms with E-state index in [9.17, 15) is 0 Å². The van der Waals surface area contributed by atoms with Crippen LogP contribution in [0.3, 0.4) is 0 Å². The van der Waals surface area contributed by atoms with Crippen molar-refractivity contribution in [1.82, 2.24) is 0 Å². The quantitative estimate of drug-likeness (QED) is 0.391. The third kappa shape index (κ3) is 4.53. The second kappa shape index (κ2) is 6.98. The minimum atomic E-state index is 0.891. The molecular formula is C9H14S3. The smallest absolute Gasteiger partial charge is 0.0215 e. The van der Waals surface area contributed by atoms with Crippen LogP contribution in [-0.2, 0) is 0 Å². The molecule has 0 aliphatic carbocycles. The van der Waals surface area contributed by atoms with Crippen LogP contribution in [0.25, 0.3) is 0 Å². The van der Waals surface area contributed by atoms with Gasteiger partial charge in [0.2, 0.25) is 0 Å². The summed E-state index contributed by atoms with van der Waals surface area (Å²) in [7, 11) is 3.89. The highest BCUT2D eigenvalue weighted by molar-refractivity contribution is 8.76. The summed E-state index contributed by atoms with van der Waals surface area (Å²) in [6.45, 7) is 3.70. The van der Waals surface area contributed by atoms with Crippen molar-refractivity contribution in [2.24, 2.45) is 5.92 Å². The zero-order valence-corrected chi connectivity index (χ0v) is 9.52. The van der Waals surface area contributed by atoms with E-state index in [-0.39, 0.29) is 0 Å². The molecule has 12 heavy (non-hydrogen) atoms. The minimum Gasteiger partial charge on any atom is -0.134 e. The van der Waals surface area contributed by atoms with Crippen LogP contribution in [0.2, 0.25) is 0 Å². The highest BCUT2D eigenvalue weighted by atomic mass is 33.1. The molecule has 0 aromatic carbocycles. The van der Waals surface area contributed by atoms with Crippen molar-refractivity contribution in [1.29, 1.82) is 0 Å². The molecule has 0 bridgehead atoms. The van der Waals surface area contributed by atoms with E-state index in [4.69, 9.17) is 0 Å². The van der Waals surface area contributed by atoms with Gasteiger partial charge in [-0.1, -0.05) is 33.7 Å². The maximum atomic E-state index is 3.70. The van der Waals surface area contributed by atoms with Crippen LogP contribution in [0.1, 0.15) is 6.42 Å². The summed E-state index contributed by atoms with van der Waals surface area (Å²) in [4.78, 5) is 0. The first kappa shape index (κ1) is 10.6. The van der Waals surface area contributed by atoms with Crippen molar-refractivity contribution in [2.45, 2.75) is 6.42 Å². The largest absolute Gasteiger partial charge is 0.134 e. The number of hydrogen-bond donors (Lipinski definition) is 0. The number of thioether (sulfide) groups is 1. The Hall–Kier alpha value is 0.530. The van der Waals surface area contributed by atoms with E-state index >= 15 is 0 Å². The molecule has 1 heterocycles. The first-order valence-corrected chi connectivity index (χ1v) is 7.59. The Kier molecular flexibility index (Phi) is 6.17. The second-order valence-electron chi connectivity index (χ2n) is 2.66. The van der Waals surface area contributed by atoms with E-state index in [0.717, 1.165) is 11.7 Å². The van der Waals surface area contributed by atoms with E-state index in [1.807, 2.05) is 39.4 Å². The summed E-state index contributed by atoms with van der Waals surface area (Å²) in [6, 6.07) is 0. The molecule has 0 radical (unpaired) electrons. The Balaban J connectivity index is 1.99. The molecule has 0 saturated carbocycles. The first-order valence-electron chi connectivity index (χ1n) is 4.05.